The molecular formula is C25H31N3O5S. The van der Waals surface area contributed by atoms with Gasteiger partial charge in [-0.1, -0.05) is 42.3 Å². The van der Waals surface area contributed by atoms with Crippen LogP contribution in [0, 0.1) is 13.8 Å². The molecule has 0 saturated carbocycles. The standard InChI is InChI=1S/C25H31N3O5S/c1-4-6-22(29)27-13-15-28(16-14-27)25(31)24(26-23(30)20-8-5-7-19(3)17-20)34(32,33)21-11-9-18(2)10-12-21/h5,7-12,17,24H,4,6,13-16H2,1-3H3,(H,26,30)/t24-/m0/s1. The topological polar surface area (TPSA) is 104 Å². The van der Waals surface area contributed by atoms with Gasteiger partial charge in [0.1, 0.15) is 0 Å². The van der Waals surface area contributed by atoms with Crippen molar-refractivity contribution >= 4 is 27.6 Å². The van der Waals surface area contributed by atoms with Gasteiger partial charge in [0.25, 0.3) is 11.8 Å². The number of nitrogens with one attached hydrogen (secondary N) is 1. The van der Waals surface area contributed by atoms with Gasteiger partial charge in [-0.2, -0.15) is 0 Å². The number of hydrogen-bond acceptors (Lipinski definition) is 5. The van der Waals surface area contributed by atoms with E-state index in [1.807, 2.05) is 26.8 Å². The summed E-state index contributed by atoms with van der Waals surface area (Å²) in [6.45, 7) is 6.64. The molecule has 0 aliphatic carbocycles. The Labute approximate surface area is 200 Å². The maximum absolute atomic E-state index is 13.5. The Hall–Kier alpha value is -3.20. The molecule has 2 aromatic rings. The van der Waals surface area contributed by atoms with E-state index in [4.69, 9.17) is 0 Å². The molecule has 1 saturated heterocycles. The Kier molecular flexibility index (Phi) is 8.09. The summed E-state index contributed by atoms with van der Waals surface area (Å²) in [5.74, 6) is -1.33. The average molecular weight is 486 g/mol. The summed E-state index contributed by atoms with van der Waals surface area (Å²) in [5, 5.41) is 0.690. The molecule has 0 bridgehead atoms. The van der Waals surface area contributed by atoms with Gasteiger partial charge in [0, 0.05) is 38.2 Å². The molecule has 1 fully saturated rings. The SMILES string of the molecule is CCCC(=O)N1CCN(C(=O)[C@@H](NC(=O)c2cccc(C)c2)S(=O)(=O)c2ccc(C)cc2)CC1. The Morgan fingerprint density at radius 3 is 2.12 bits per heavy atom. The molecule has 3 amide bonds. The third-order valence-electron chi connectivity index (χ3n) is 5.83. The molecule has 0 aromatic heterocycles. The van der Waals surface area contributed by atoms with Crippen molar-refractivity contribution in [2.45, 2.75) is 43.9 Å². The molecule has 1 aliphatic heterocycles. The molecule has 1 aliphatic rings. The van der Waals surface area contributed by atoms with E-state index in [-0.39, 0.29) is 29.5 Å². The van der Waals surface area contributed by atoms with Crippen LogP contribution in [-0.2, 0) is 19.4 Å². The summed E-state index contributed by atoms with van der Waals surface area (Å²) < 4.78 is 27.0. The van der Waals surface area contributed by atoms with Crippen LogP contribution in [0.15, 0.2) is 53.4 Å². The van der Waals surface area contributed by atoms with Crippen LogP contribution in [0.5, 0.6) is 0 Å². The van der Waals surface area contributed by atoms with Gasteiger partial charge >= 0.3 is 0 Å². The van der Waals surface area contributed by atoms with Gasteiger partial charge in [-0.05, 0) is 44.5 Å². The van der Waals surface area contributed by atoms with E-state index in [0.717, 1.165) is 17.5 Å². The Balaban J connectivity index is 1.87. The minimum Gasteiger partial charge on any atom is -0.339 e. The zero-order chi connectivity index (χ0) is 24.9. The molecule has 34 heavy (non-hydrogen) atoms. The molecule has 0 unspecified atom stereocenters. The first-order chi connectivity index (χ1) is 16.1. The number of piperazine rings is 1. The van der Waals surface area contributed by atoms with Gasteiger partial charge < -0.3 is 15.1 Å². The summed E-state index contributed by atoms with van der Waals surface area (Å²) in [6.07, 6.45) is 1.17. The molecule has 1 N–H and O–H groups in total. The first-order valence-corrected chi connectivity index (χ1v) is 12.9. The molecule has 1 heterocycles. The van der Waals surface area contributed by atoms with E-state index in [0.29, 0.717) is 19.5 Å². The molecule has 182 valence electrons. The first-order valence-electron chi connectivity index (χ1n) is 11.4. The van der Waals surface area contributed by atoms with Crippen LogP contribution < -0.4 is 5.32 Å². The van der Waals surface area contributed by atoms with Gasteiger partial charge in [0.2, 0.25) is 21.1 Å². The highest BCUT2D eigenvalue weighted by atomic mass is 32.2. The number of sulfone groups is 1. The van der Waals surface area contributed by atoms with Crippen LogP contribution in [0.1, 0.15) is 41.3 Å². The van der Waals surface area contributed by atoms with Crippen LogP contribution in [0.2, 0.25) is 0 Å². The van der Waals surface area contributed by atoms with Crippen molar-refractivity contribution < 1.29 is 22.8 Å². The highest BCUT2D eigenvalue weighted by molar-refractivity contribution is 7.92. The Morgan fingerprint density at radius 1 is 0.912 bits per heavy atom. The maximum Gasteiger partial charge on any atom is 0.261 e. The quantitative estimate of drug-likeness (QED) is 0.648. The normalized spacial score (nSPS) is 15.0. The average Bonchev–Trinajstić information content (AvgIpc) is 2.82. The van der Waals surface area contributed by atoms with E-state index in [1.165, 1.54) is 17.0 Å². The van der Waals surface area contributed by atoms with Crippen molar-refractivity contribution in [2.75, 3.05) is 26.2 Å². The third-order valence-corrected chi connectivity index (χ3v) is 7.70. The van der Waals surface area contributed by atoms with Gasteiger partial charge in [-0.3, -0.25) is 14.4 Å². The molecular weight excluding hydrogens is 454 g/mol. The molecule has 0 spiro atoms. The molecule has 9 heteroatoms. The molecule has 0 radical (unpaired) electrons. The monoisotopic (exact) mass is 485 g/mol. The number of benzene rings is 2. The number of nitrogens with zero attached hydrogens (tertiary/aromatic N) is 2. The lowest BCUT2D eigenvalue weighted by Gasteiger charge is -2.36. The van der Waals surface area contributed by atoms with Crippen molar-refractivity contribution in [3.05, 3.63) is 65.2 Å². The minimum absolute atomic E-state index is 0.0196. The predicted octanol–water partition coefficient (Wildman–Crippen LogP) is 2.30. The molecule has 8 nitrogen and oxygen atoms in total. The molecule has 1 atom stereocenters. The number of amides is 3. The van der Waals surface area contributed by atoms with Crippen LogP contribution in [-0.4, -0.2) is 67.5 Å². The van der Waals surface area contributed by atoms with Crippen molar-refractivity contribution in [2.24, 2.45) is 0 Å². The van der Waals surface area contributed by atoms with E-state index < -0.39 is 27.0 Å². The number of hydrogen-bond donors (Lipinski definition) is 1. The van der Waals surface area contributed by atoms with Crippen LogP contribution in [0.4, 0.5) is 0 Å². The summed E-state index contributed by atoms with van der Waals surface area (Å²) in [4.78, 5) is 41.6. The highest BCUT2D eigenvalue weighted by Gasteiger charge is 2.39. The summed E-state index contributed by atoms with van der Waals surface area (Å²) >= 11 is 0. The minimum atomic E-state index is -4.22. The van der Waals surface area contributed by atoms with Crippen LogP contribution in [0.25, 0.3) is 0 Å². The Morgan fingerprint density at radius 2 is 1.53 bits per heavy atom. The first kappa shape index (κ1) is 25.4. The largest absolute Gasteiger partial charge is 0.339 e. The van der Waals surface area contributed by atoms with Gasteiger partial charge in [-0.25, -0.2) is 8.42 Å². The van der Waals surface area contributed by atoms with Crippen LogP contribution >= 0.6 is 0 Å². The smallest absolute Gasteiger partial charge is 0.261 e. The third kappa shape index (κ3) is 5.83. The van der Waals surface area contributed by atoms with Crippen molar-refractivity contribution in [1.82, 2.24) is 15.1 Å². The lowest BCUT2D eigenvalue weighted by molar-refractivity contribution is -0.139. The van der Waals surface area contributed by atoms with Crippen molar-refractivity contribution in [1.29, 1.82) is 0 Å². The summed E-state index contributed by atoms with van der Waals surface area (Å²) in [6, 6.07) is 12.9. The van der Waals surface area contributed by atoms with Gasteiger partial charge in [0.15, 0.2) is 0 Å². The number of carbonyl (C=O) groups excluding carboxylic acids is 3. The van der Waals surface area contributed by atoms with Crippen molar-refractivity contribution in [3.63, 3.8) is 0 Å². The second-order valence-electron chi connectivity index (χ2n) is 8.54. The second kappa shape index (κ2) is 10.8. The fourth-order valence-electron chi connectivity index (χ4n) is 3.84. The van der Waals surface area contributed by atoms with Crippen molar-refractivity contribution in [3.8, 4) is 0 Å². The fourth-order valence-corrected chi connectivity index (χ4v) is 5.30. The highest BCUT2D eigenvalue weighted by Crippen LogP contribution is 2.19. The number of rotatable bonds is 7. The predicted molar refractivity (Wildman–Crippen MR) is 129 cm³/mol. The maximum atomic E-state index is 13.5. The number of aryl methyl sites for hydroxylation is 2. The van der Waals surface area contributed by atoms with E-state index in [1.54, 1.807) is 35.2 Å². The number of carbonyl (C=O) groups is 3. The zero-order valence-electron chi connectivity index (χ0n) is 19.8. The van der Waals surface area contributed by atoms with E-state index in [9.17, 15) is 22.8 Å². The fraction of sp³-hybridized carbons (Fsp3) is 0.400. The van der Waals surface area contributed by atoms with E-state index in [2.05, 4.69) is 5.32 Å². The van der Waals surface area contributed by atoms with Gasteiger partial charge in [-0.15, -0.1) is 0 Å². The Bertz CT molecular complexity index is 1150. The zero-order valence-corrected chi connectivity index (χ0v) is 20.6. The van der Waals surface area contributed by atoms with E-state index >= 15 is 0 Å². The lowest BCUT2D eigenvalue weighted by Crippen LogP contribution is -2.57. The van der Waals surface area contributed by atoms with Crippen LogP contribution in [0.3, 0.4) is 0 Å². The molecule has 2 aromatic carbocycles. The summed E-state index contributed by atoms with van der Waals surface area (Å²) in [5.41, 5.74) is 1.98. The second-order valence-corrected chi connectivity index (χ2v) is 10.6. The summed E-state index contributed by atoms with van der Waals surface area (Å²) in [7, 11) is -4.22. The lowest BCUT2D eigenvalue weighted by atomic mass is 10.1. The molecule has 3 rings (SSSR count). The van der Waals surface area contributed by atoms with Gasteiger partial charge in [0.05, 0.1) is 4.90 Å².